The number of alkyl halides is 3. The van der Waals surface area contributed by atoms with Crippen molar-refractivity contribution in [3.8, 4) is 11.8 Å². The van der Waals surface area contributed by atoms with E-state index in [0.29, 0.717) is 43.6 Å². The molecule has 2 saturated heterocycles. The fourth-order valence-corrected chi connectivity index (χ4v) is 4.99. The summed E-state index contributed by atoms with van der Waals surface area (Å²) in [5, 5.41) is 8.99. The zero-order valence-corrected chi connectivity index (χ0v) is 23.0. The van der Waals surface area contributed by atoms with Crippen LogP contribution >= 0.6 is 24.8 Å². The summed E-state index contributed by atoms with van der Waals surface area (Å²) in [4.78, 5) is 20.8. The molecule has 8 nitrogen and oxygen atoms in total. The Bertz CT molecular complexity index is 1340. The van der Waals surface area contributed by atoms with Gasteiger partial charge in [0, 0.05) is 51.8 Å². The summed E-state index contributed by atoms with van der Waals surface area (Å²) in [6.45, 7) is 3.36. The number of nitrogens with zero attached hydrogens (tertiary/aromatic N) is 5. The van der Waals surface area contributed by atoms with Crippen molar-refractivity contribution >= 4 is 30.9 Å². The second kappa shape index (κ2) is 12.8. The highest BCUT2D eigenvalue weighted by Crippen LogP contribution is 2.35. The van der Waals surface area contributed by atoms with E-state index in [1.807, 2.05) is 18.3 Å². The summed E-state index contributed by atoms with van der Waals surface area (Å²) in [7, 11) is 0. The van der Waals surface area contributed by atoms with E-state index in [2.05, 4.69) is 25.3 Å². The highest BCUT2D eigenvalue weighted by Gasteiger charge is 2.47. The molecule has 5 rings (SSSR count). The highest BCUT2D eigenvalue weighted by molar-refractivity contribution is 5.85. The van der Waals surface area contributed by atoms with Gasteiger partial charge in [-0.2, -0.15) is 5.26 Å². The minimum atomic E-state index is -4.77. The van der Waals surface area contributed by atoms with Crippen molar-refractivity contribution in [1.82, 2.24) is 19.4 Å². The van der Waals surface area contributed by atoms with Crippen molar-refractivity contribution in [2.45, 2.75) is 44.4 Å². The summed E-state index contributed by atoms with van der Waals surface area (Å²) in [6, 6.07) is 15.2. The molecule has 0 radical (unpaired) electrons. The molecule has 3 aromatic rings. The number of hydrogen-bond donors (Lipinski definition) is 0. The van der Waals surface area contributed by atoms with Gasteiger partial charge >= 0.3 is 12.5 Å². The second-order valence-corrected chi connectivity index (χ2v) is 9.70. The molecule has 214 valence electrons. The van der Waals surface area contributed by atoms with Crippen molar-refractivity contribution in [3.63, 3.8) is 0 Å². The van der Waals surface area contributed by atoms with E-state index in [-0.39, 0.29) is 37.1 Å². The monoisotopic (exact) mass is 597 g/mol. The molecule has 0 atom stereocenters. The van der Waals surface area contributed by atoms with Gasteiger partial charge in [0.2, 0.25) is 0 Å². The third-order valence-electron chi connectivity index (χ3n) is 6.93. The van der Waals surface area contributed by atoms with Gasteiger partial charge < -0.3 is 14.0 Å². The Kier molecular flexibility index (Phi) is 9.95. The SMILES string of the molecule is Cl.Cl.N#Cc1ccc(Cn2cncc2CN2CCC3(CC2)CN(Cc2cccc(OC(F)(F)F)c2)C(=O)O3)cc1. The molecule has 3 heterocycles. The molecule has 0 N–H and O–H groups in total. The first kappa shape index (κ1) is 31.1. The smallest absolute Gasteiger partial charge is 0.441 e. The lowest BCUT2D eigenvalue weighted by Crippen LogP contribution is -2.46. The lowest BCUT2D eigenvalue weighted by atomic mass is 9.91. The number of piperidine rings is 1. The maximum Gasteiger partial charge on any atom is 0.573 e. The van der Waals surface area contributed by atoms with Crippen LogP contribution in [-0.4, -0.2) is 57.0 Å². The first-order chi connectivity index (χ1) is 18.2. The quantitative estimate of drug-likeness (QED) is 0.356. The van der Waals surface area contributed by atoms with Crippen molar-refractivity contribution in [2.24, 2.45) is 0 Å². The number of carbonyl (C=O) groups excluding carboxylic acids is 1. The Morgan fingerprint density at radius 2 is 1.75 bits per heavy atom. The second-order valence-electron chi connectivity index (χ2n) is 9.70. The summed E-state index contributed by atoms with van der Waals surface area (Å²) >= 11 is 0. The number of imidazole rings is 1. The Hall–Kier alpha value is -3.46. The predicted octanol–water partition coefficient (Wildman–Crippen LogP) is 5.53. The van der Waals surface area contributed by atoms with E-state index in [9.17, 15) is 18.0 Å². The van der Waals surface area contributed by atoms with Gasteiger partial charge in [0.05, 0.1) is 30.2 Å². The number of benzene rings is 2. The molecule has 1 spiro atoms. The van der Waals surface area contributed by atoms with E-state index < -0.39 is 18.1 Å². The van der Waals surface area contributed by atoms with E-state index in [1.165, 1.54) is 23.1 Å². The van der Waals surface area contributed by atoms with Gasteiger partial charge in [-0.3, -0.25) is 9.80 Å². The molecule has 0 saturated carbocycles. The maximum atomic E-state index is 12.6. The van der Waals surface area contributed by atoms with Crippen molar-refractivity contribution < 1.29 is 27.4 Å². The van der Waals surface area contributed by atoms with Gasteiger partial charge in [0.15, 0.2) is 0 Å². The number of hydrogen-bond acceptors (Lipinski definition) is 6. The summed E-state index contributed by atoms with van der Waals surface area (Å²) in [6.07, 6.45) is -0.260. The number of likely N-dealkylation sites (tertiary alicyclic amines) is 1. The molecule has 1 aromatic heterocycles. The third-order valence-corrected chi connectivity index (χ3v) is 6.93. The number of rotatable bonds is 7. The summed E-state index contributed by atoms with van der Waals surface area (Å²) in [5.74, 6) is -0.316. The molecule has 0 aliphatic carbocycles. The van der Waals surface area contributed by atoms with Gasteiger partial charge in [-0.05, 0) is 35.4 Å². The van der Waals surface area contributed by atoms with E-state index >= 15 is 0 Å². The van der Waals surface area contributed by atoms with Crippen LogP contribution in [0.2, 0.25) is 0 Å². The molecular formula is C27H28Cl2F3N5O3. The van der Waals surface area contributed by atoms with Gasteiger partial charge in [-0.25, -0.2) is 9.78 Å². The van der Waals surface area contributed by atoms with Gasteiger partial charge in [0.1, 0.15) is 11.4 Å². The number of carbonyl (C=O) groups is 1. The first-order valence-electron chi connectivity index (χ1n) is 12.2. The molecule has 2 aromatic carbocycles. The van der Waals surface area contributed by atoms with E-state index in [1.54, 1.807) is 24.5 Å². The average molecular weight is 598 g/mol. The van der Waals surface area contributed by atoms with Crippen LogP contribution in [-0.2, 0) is 24.4 Å². The molecule has 13 heteroatoms. The van der Waals surface area contributed by atoms with Gasteiger partial charge in [-0.15, -0.1) is 38.0 Å². The Morgan fingerprint density at radius 3 is 2.42 bits per heavy atom. The van der Waals surface area contributed by atoms with Gasteiger partial charge in [-0.1, -0.05) is 24.3 Å². The molecule has 2 fully saturated rings. The van der Waals surface area contributed by atoms with Crippen molar-refractivity contribution in [1.29, 1.82) is 5.26 Å². The highest BCUT2D eigenvalue weighted by atomic mass is 35.5. The fourth-order valence-electron chi connectivity index (χ4n) is 4.99. The van der Waals surface area contributed by atoms with Crippen LogP contribution in [0.25, 0.3) is 0 Å². The predicted molar refractivity (Wildman–Crippen MR) is 144 cm³/mol. The molecule has 0 unspecified atom stereocenters. The Morgan fingerprint density at radius 1 is 1.02 bits per heavy atom. The third kappa shape index (κ3) is 7.59. The van der Waals surface area contributed by atoms with Crippen LogP contribution in [0.1, 0.15) is 35.2 Å². The number of ether oxygens (including phenoxy) is 2. The standard InChI is InChI=1S/C27H26F3N5O3.2ClH/c28-27(29,30)37-24-3-1-2-22(12-24)16-34-18-26(38-25(34)36)8-10-33(11-9-26)17-23-14-32-19-35(23)15-21-6-4-20(13-31)5-7-21;;/h1-7,12,14,19H,8-11,15-18H2;2*1H. The molecule has 2 aliphatic heterocycles. The number of aromatic nitrogens is 2. The molecule has 40 heavy (non-hydrogen) atoms. The molecule has 2 aliphatic rings. The van der Waals surface area contributed by atoms with Crippen LogP contribution in [0, 0.1) is 11.3 Å². The Labute approximate surface area is 242 Å². The van der Waals surface area contributed by atoms with E-state index in [0.717, 1.165) is 24.3 Å². The Balaban J connectivity index is 0.00000220. The first-order valence-corrected chi connectivity index (χ1v) is 12.2. The minimum Gasteiger partial charge on any atom is -0.441 e. The van der Waals surface area contributed by atoms with Crippen LogP contribution in [0.5, 0.6) is 5.75 Å². The lowest BCUT2D eigenvalue weighted by molar-refractivity contribution is -0.274. The number of amides is 1. The topological polar surface area (TPSA) is 83.6 Å². The van der Waals surface area contributed by atoms with Gasteiger partial charge in [0.25, 0.3) is 0 Å². The largest absolute Gasteiger partial charge is 0.573 e. The van der Waals surface area contributed by atoms with Crippen molar-refractivity contribution in [2.75, 3.05) is 19.6 Å². The number of halogens is 5. The zero-order chi connectivity index (χ0) is 26.8. The lowest BCUT2D eigenvalue weighted by Gasteiger charge is -2.37. The normalized spacial score (nSPS) is 16.6. The maximum absolute atomic E-state index is 12.6. The molecule has 1 amide bonds. The molecular weight excluding hydrogens is 570 g/mol. The van der Waals surface area contributed by atoms with Crippen LogP contribution < -0.4 is 4.74 Å². The van der Waals surface area contributed by atoms with Crippen LogP contribution in [0.4, 0.5) is 18.0 Å². The van der Waals surface area contributed by atoms with E-state index in [4.69, 9.17) is 10.00 Å². The van der Waals surface area contributed by atoms with Crippen LogP contribution in [0.3, 0.4) is 0 Å². The minimum absolute atomic E-state index is 0. The average Bonchev–Trinajstić information content (AvgIpc) is 3.43. The molecule has 0 bridgehead atoms. The zero-order valence-electron chi connectivity index (χ0n) is 21.3. The number of nitriles is 1. The van der Waals surface area contributed by atoms with Crippen LogP contribution in [0.15, 0.2) is 61.1 Å². The van der Waals surface area contributed by atoms with Crippen molar-refractivity contribution in [3.05, 3.63) is 83.4 Å². The fraction of sp³-hybridized carbons (Fsp3) is 0.370. The summed E-state index contributed by atoms with van der Waals surface area (Å²) < 4.78 is 49.5. The summed E-state index contributed by atoms with van der Waals surface area (Å²) in [5.41, 5.74) is 2.70.